The van der Waals surface area contributed by atoms with E-state index in [1.54, 1.807) is 55.0 Å². The Balaban J connectivity index is 1.56. The van der Waals surface area contributed by atoms with Crippen LogP contribution in [0.4, 0.5) is 16.2 Å². The molecule has 0 atom stereocenters. The lowest BCUT2D eigenvalue weighted by molar-refractivity contribution is 0.262. The molecule has 0 spiro atoms. The van der Waals surface area contributed by atoms with Crippen LogP contribution in [0.15, 0.2) is 71.5 Å². The summed E-state index contributed by atoms with van der Waals surface area (Å²) in [4.78, 5) is 29.9. The lowest BCUT2D eigenvalue weighted by Gasteiger charge is -2.13. The van der Waals surface area contributed by atoms with Crippen molar-refractivity contribution in [2.45, 2.75) is 13.8 Å². The Labute approximate surface area is 179 Å². The third kappa shape index (κ3) is 4.11. The van der Waals surface area contributed by atoms with Crippen LogP contribution in [0.25, 0.3) is 16.6 Å². The number of anilines is 2. The van der Waals surface area contributed by atoms with Gasteiger partial charge in [-0.05, 0) is 67.9 Å². The molecule has 2 N–H and O–H groups in total. The SMILES string of the molecule is COc1ccc(C)cc1NC(=O)Nc1ccc(-n2c(C)nc3ccccc3c2=O)cc1. The summed E-state index contributed by atoms with van der Waals surface area (Å²) in [5.74, 6) is 1.17. The van der Waals surface area contributed by atoms with Gasteiger partial charge in [-0.2, -0.15) is 0 Å². The molecule has 7 nitrogen and oxygen atoms in total. The average molecular weight is 414 g/mol. The molecule has 156 valence electrons. The highest BCUT2D eigenvalue weighted by atomic mass is 16.5. The van der Waals surface area contributed by atoms with E-state index in [1.165, 1.54) is 0 Å². The first-order valence-electron chi connectivity index (χ1n) is 9.78. The number of hydrogen-bond acceptors (Lipinski definition) is 4. The van der Waals surface area contributed by atoms with Gasteiger partial charge in [-0.15, -0.1) is 0 Å². The lowest BCUT2D eigenvalue weighted by atomic mass is 10.2. The van der Waals surface area contributed by atoms with Crippen LogP contribution in [-0.2, 0) is 0 Å². The van der Waals surface area contributed by atoms with Crippen LogP contribution in [0, 0.1) is 13.8 Å². The van der Waals surface area contributed by atoms with Crippen LogP contribution in [0.5, 0.6) is 5.75 Å². The van der Waals surface area contributed by atoms with E-state index in [0.29, 0.717) is 39.5 Å². The fourth-order valence-electron chi connectivity index (χ4n) is 3.45. The number of urea groups is 1. The molecule has 0 fully saturated rings. The number of carbonyl (C=O) groups excluding carboxylic acids is 1. The van der Waals surface area contributed by atoms with Crippen molar-refractivity contribution < 1.29 is 9.53 Å². The first-order valence-corrected chi connectivity index (χ1v) is 9.78. The van der Waals surface area contributed by atoms with Crippen molar-refractivity contribution in [2.75, 3.05) is 17.7 Å². The summed E-state index contributed by atoms with van der Waals surface area (Å²) in [5, 5.41) is 6.14. The van der Waals surface area contributed by atoms with E-state index in [2.05, 4.69) is 15.6 Å². The monoisotopic (exact) mass is 414 g/mol. The van der Waals surface area contributed by atoms with Gasteiger partial charge in [-0.3, -0.25) is 9.36 Å². The maximum Gasteiger partial charge on any atom is 0.323 e. The largest absolute Gasteiger partial charge is 0.495 e. The Morgan fingerprint density at radius 3 is 2.45 bits per heavy atom. The highest BCUT2D eigenvalue weighted by Gasteiger charge is 2.11. The van der Waals surface area contributed by atoms with E-state index in [9.17, 15) is 9.59 Å². The Hall–Kier alpha value is -4.13. The molecule has 1 heterocycles. The highest BCUT2D eigenvalue weighted by molar-refractivity contribution is 6.00. The minimum Gasteiger partial charge on any atom is -0.495 e. The fraction of sp³-hybridized carbons (Fsp3) is 0.125. The van der Waals surface area contributed by atoms with Gasteiger partial charge in [0.05, 0.1) is 29.4 Å². The van der Waals surface area contributed by atoms with Gasteiger partial charge in [0, 0.05) is 5.69 Å². The molecule has 1 aromatic heterocycles. The van der Waals surface area contributed by atoms with Gasteiger partial charge in [0.25, 0.3) is 5.56 Å². The molecule has 0 saturated heterocycles. The van der Waals surface area contributed by atoms with Gasteiger partial charge in [0.2, 0.25) is 0 Å². The van der Waals surface area contributed by atoms with Crippen LogP contribution in [-0.4, -0.2) is 22.7 Å². The minimum absolute atomic E-state index is 0.131. The molecule has 0 saturated carbocycles. The molecule has 2 amide bonds. The zero-order valence-corrected chi connectivity index (χ0v) is 17.5. The number of nitrogens with one attached hydrogen (secondary N) is 2. The van der Waals surface area contributed by atoms with Crippen molar-refractivity contribution in [1.29, 1.82) is 0 Å². The molecular weight excluding hydrogens is 392 g/mol. The number of amides is 2. The molecule has 4 rings (SSSR count). The molecule has 31 heavy (non-hydrogen) atoms. The summed E-state index contributed by atoms with van der Waals surface area (Å²) in [6.07, 6.45) is 0. The molecule has 0 aliphatic heterocycles. The standard InChI is InChI=1S/C24H22N4O3/c1-15-8-13-22(31-3)21(14-15)27-24(30)26-17-9-11-18(12-10-17)28-16(2)25-20-7-5-4-6-19(20)23(28)29/h4-14H,1-3H3,(H2,26,27,30). The van der Waals surface area contributed by atoms with Gasteiger partial charge >= 0.3 is 6.03 Å². The highest BCUT2D eigenvalue weighted by Crippen LogP contribution is 2.25. The van der Waals surface area contributed by atoms with E-state index in [0.717, 1.165) is 5.56 Å². The number of hydrogen-bond donors (Lipinski definition) is 2. The molecule has 0 radical (unpaired) electrons. The zero-order chi connectivity index (χ0) is 22.0. The molecule has 0 aliphatic rings. The second kappa shape index (κ2) is 8.31. The van der Waals surface area contributed by atoms with Crippen molar-refractivity contribution >= 4 is 28.3 Å². The summed E-state index contributed by atoms with van der Waals surface area (Å²) in [5.41, 5.74) is 3.39. The van der Waals surface area contributed by atoms with Crippen molar-refractivity contribution in [3.05, 3.63) is 88.5 Å². The van der Waals surface area contributed by atoms with Crippen molar-refractivity contribution in [2.24, 2.45) is 0 Å². The normalized spacial score (nSPS) is 10.7. The lowest BCUT2D eigenvalue weighted by Crippen LogP contribution is -2.22. The second-order valence-corrected chi connectivity index (χ2v) is 7.15. The Morgan fingerprint density at radius 2 is 1.71 bits per heavy atom. The Kier molecular flexibility index (Phi) is 5.41. The summed E-state index contributed by atoms with van der Waals surface area (Å²) < 4.78 is 6.85. The third-order valence-corrected chi connectivity index (χ3v) is 4.93. The van der Waals surface area contributed by atoms with Crippen LogP contribution in [0.2, 0.25) is 0 Å². The van der Waals surface area contributed by atoms with Gasteiger partial charge in [-0.25, -0.2) is 9.78 Å². The molecule has 4 aromatic rings. The van der Waals surface area contributed by atoms with Crippen LogP contribution >= 0.6 is 0 Å². The third-order valence-electron chi connectivity index (χ3n) is 4.93. The predicted molar refractivity (Wildman–Crippen MR) is 122 cm³/mol. The number of rotatable bonds is 4. The smallest absolute Gasteiger partial charge is 0.323 e. The number of para-hydroxylation sites is 1. The number of methoxy groups -OCH3 is 1. The Morgan fingerprint density at radius 1 is 0.968 bits per heavy atom. The molecule has 0 unspecified atom stereocenters. The van der Waals surface area contributed by atoms with Gasteiger partial charge in [-0.1, -0.05) is 18.2 Å². The maximum absolute atomic E-state index is 12.9. The summed E-state index contributed by atoms with van der Waals surface area (Å²) >= 11 is 0. The van der Waals surface area contributed by atoms with Gasteiger partial charge in [0.1, 0.15) is 11.6 Å². The molecule has 3 aromatic carbocycles. The molecule has 7 heteroatoms. The number of carbonyl (C=O) groups is 1. The number of fused-ring (bicyclic) bond motifs is 1. The number of aromatic nitrogens is 2. The van der Waals surface area contributed by atoms with E-state index < -0.39 is 6.03 Å². The second-order valence-electron chi connectivity index (χ2n) is 7.15. The fourth-order valence-corrected chi connectivity index (χ4v) is 3.45. The van der Waals surface area contributed by atoms with E-state index in [-0.39, 0.29) is 5.56 Å². The van der Waals surface area contributed by atoms with Crippen LogP contribution < -0.4 is 20.9 Å². The summed E-state index contributed by atoms with van der Waals surface area (Å²) in [6.45, 7) is 3.73. The summed E-state index contributed by atoms with van der Waals surface area (Å²) in [6, 6.07) is 19.4. The number of nitrogens with zero attached hydrogens (tertiary/aromatic N) is 2. The van der Waals surface area contributed by atoms with Gasteiger partial charge in [0.15, 0.2) is 0 Å². The van der Waals surface area contributed by atoms with Crippen LogP contribution in [0.3, 0.4) is 0 Å². The van der Waals surface area contributed by atoms with E-state index >= 15 is 0 Å². The van der Waals surface area contributed by atoms with E-state index in [4.69, 9.17) is 4.74 Å². The average Bonchev–Trinajstić information content (AvgIpc) is 2.75. The van der Waals surface area contributed by atoms with Crippen molar-refractivity contribution in [1.82, 2.24) is 9.55 Å². The predicted octanol–water partition coefficient (Wildman–Crippen LogP) is 4.66. The molecular formula is C24H22N4O3. The van der Waals surface area contributed by atoms with E-state index in [1.807, 2.05) is 37.3 Å². The van der Waals surface area contributed by atoms with Crippen molar-refractivity contribution in [3.8, 4) is 11.4 Å². The molecule has 0 aliphatic carbocycles. The first kappa shape index (κ1) is 20.2. The topological polar surface area (TPSA) is 85.2 Å². The zero-order valence-electron chi connectivity index (χ0n) is 17.5. The summed E-state index contributed by atoms with van der Waals surface area (Å²) in [7, 11) is 1.55. The maximum atomic E-state index is 12.9. The minimum atomic E-state index is -0.391. The quantitative estimate of drug-likeness (QED) is 0.509. The Bertz CT molecular complexity index is 1330. The number of aryl methyl sites for hydroxylation is 2. The molecule has 0 bridgehead atoms. The van der Waals surface area contributed by atoms with Crippen LogP contribution in [0.1, 0.15) is 11.4 Å². The first-order chi connectivity index (χ1) is 15.0. The van der Waals surface area contributed by atoms with Gasteiger partial charge < -0.3 is 15.4 Å². The number of ether oxygens (including phenoxy) is 1. The number of benzene rings is 3. The van der Waals surface area contributed by atoms with Crippen molar-refractivity contribution in [3.63, 3.8) is 0 Å².